The van der Waals surface area contributed by atoms with Crippen LogP contribution in [0.25, 0.3) is 0 Å². The third-order valence-corrected chi connectivity index (χ3v) is 4.10. The molecule has 1 saturated carbocycles. The number of rotatable bonds is 7. The van der Waals surface area contributed by atoms with E-state index in [4.69, 9.17) is 0 Å². The first-order valence-corrected chi connectivity index (χ1v) is 7.59. The van der Waals surface area contributed by atoms with E-state index in [0.717, 1.165) is 31.0 Å². The maximum atomic E-state index is 10.0. The summed E-state index contributed by atoms with van der Waals surface area (Å²) < 4.78 is 1.87. The fourth-order valence-corrected chi connectivity index (χ4v) is 3.12. The zero-order valence-corrected chi connectivity index (χ0v) is 12.2. The number of aliphatic hydroxyl groups is 1. The number of aryl methyl sites for hydroxylation is 2. The molecular formula is C15H27N3O. The van der Waals surface area contributed by atoms with E-state index in [9.17, 15) is 5.11 Å². The molecule has 2 rings (SSSR count). The first kappa shape index (κ1) is 14.5. The monoisotopic (exact) mass is 265 g/mol. The molecule has 1 fully saturated rings. The summed E-state index contributed by atoms with van der Waals surface area (Å²) in [7, 11) is 1.96. The van der Waals surface area contributed by atoms with Gasteiger partial charge in [-0.25, -0.2) is 0 Å². The van der Waals surface area contributed by atoms with Crippen LogP contribution in [-0.2, 0) is 20.0 Å². The number of nitrogens with zero attached hydrogens (tertiary/aromatic N) is 2. The van der Waals surface area contributed by atoms with E-state index in [0.29, 0.717) is 6.54 Å². The van der Waals surface area contributed by atoms with Crippen molar-refractivity contribution in [2.75, 3.05) is 6.54 Å². The Morgan fingerprint density at radius 2 is 2.21 bits per heavy atom. The number of aromatic nitrogens is 2. The third-order valence-electron chi connectivity index (χ3n) is 4.10. The molecule has 1 aliphatic rings. The van der Waals surface area contributed by atoms with Gasteiger partial charge in [-0.2, -0.15) is 5.10 Å². The molecule has 19 heavy (non-hydrogen) atoms. The zero-order chi connectivity index (χ0) is 13.7. The lowest BCUT2D eigenvalue weighted by Gasteiger charge is -2.15. The molecule has 1 unspecified atom stereocenters. The number of nitrogens with one attached hydrogen (secondary N) is 1. The fraction of sp³-hybridized carbons (Fsp3) is 0.800. The molecule has 0 aliphatic heterocycles. The Balaban J connectivity index is 1.70. The smallest absolute Gasteiger partial charge is 0.0667 e. The van der Waals surface area contributed by atoms with Crippen LogP contribution in [-0.4, -0.2) is 27.5 Å². The van der Waals surface area contributed by atoms with Gasteiger partial charge in [0, 0.05) is 31.9 Å². The van der Waals surface area contributed by atoms with Crippen LogP contribution >= 0.6 is 0 Å². The van der Waals surface area contributed by atoms with Gasteiger partial charge in [0.2, 0.25) is 0 Å². The average molecular weight is 265 g/mol. The number of hydrogen-bond acceptors (Lipinski definition) is 3. The van der Waals surface area contributed by atoms with Gasteiger partial charge < -0.3 is 10.4 Å². The molecule has 108 valence electrons. The second-order valence-corrected chi connectivity index (χ2v) is 5.80. The van der Waals surface area contributed by atoms with Crippen molar-refractivity contribution in [2.24, 2.45) is 13.0 Å². The first-order chi connectivity index (χ1) is 9.19. The Morgan fingerprint density at radius 1 is 1.47 bits per heavy atom. The van der Waals surface area contributed by atoms with Crippen LogP contribution in [0.4, 0.5) is 0 Å². The fourth-order valence-electron chi connectivity index (χ4n) is 3.12. The minimum atomic E-state index is -0.204. The zero-order valence-electron chi connectivity index (χ0n) is 12.2. The Morgan fingerprint density at radius 3 is 2.89 bits per heavy atom. The molecule has 1 atom stereocenters. The molecule has 1 aromatic rings. The summed E-state index contributed by atoms with van der Waals surface area (Å²) in [4.78, 5) is 0. The molecule has 4 nitrogen and oxygen atoms in total. The second-order valence-electron chi connectivity index (χ2n) is 5.80. The normalized spacial score (nSPS) is 18.1. The van der Waals surface area contributed by atoms with Crippen molar-refractivity contribution >= 4 is 0 Å². The van der Waals surface area contributed by atoms with Gasteiger partial charge in [0.05, 0.1) is 11.8 Å². The van der Waals surface area contributed by atoms with Gasteiger partial charge in [-0.05, 0) is 18.8 Å². The van der Waals surface area contributed by atoms with Gasteiger partial charge in [-0.3, -0.25) is 4.68 Å². The first-order valence-electron chi connectivity index (χ1n) is 7.59. The van der Waals surface area contributed by atoms with Crippen LogP contribution in [0, 0.1) is 5.92 Å². The molecule has 0 amide bonds. The van der Waals surface area contributed by atoms with Crippen molar-refractivity contribution in [1.29, 1.82) is 0 Å². The van der Waals surface area contributed by atoms with Crippen molar-refractivity contribution in [3.8, 4) is 0 Å². The SMILES string of the molecule is CCc1nn(C)cc1CNCC(O)CC1CCCC1. The number of hydrogen-bond donors (Lipinski definition) is 2. The Labute approximate surface area is 116 Å². The standard InChI is InChI=1S/C15H27N3O/c1-3-15-13(11-18(2)17-15)9-16-10-14(19)8-12-6-4-5-7-12/h11-12,14,16,19H,3-10H2,1-2H3. The van der Waals surface area contributed by atoms with Gasteiger partial charge >= 0.3 is 0 Å². The molecule has 0 saturated heterocycles. The Bertz CT molecular complexity index is 383. The largest absolute Gasteiger partial charge is 0.392 e. The predicted molar refractivity (Wildman–Crippen MR) is 76.9 cm³/mol. The maximum Gasteiger partial charge on any atom is 0.0667 e. The summed E-state index contributed by atoms with van der Waals surface area (Å²) in [6, 6.07) is 0. The summed E-state index contributed by atoms with van der Waals surface area (Å²) in [5.74, 6) is 0.751. The third kappa shape index (κ3) is 4.32. The van der Waals surface area contributed by atoms with E-state index >= 15 is 0 Å². The van der Waals surface area contributed by atoms with Gasteiger partial charge in [0.1, 0.15) is 0 Å². The van der Waals surface area contributed by atoms with E-state index < -0.39 is 0 Å². The lowest BCUT2D eigenvalue weighted by Crippen LogP contribution is -2.28. The molecule has 1 heterocycles. The quantitative estimate of drug-likeness (QED) is 0.793. The van der Waals surface area contributed by atoms with Crippen LogP contribution in [0.1, 0.15) is 50.3 Å². The minimum absolute atomic E-state index is 0.204. The average Bonchev–Trinajstić information content (AvgIpc) is 2.99. The van der Waals surface area contributed by atoms with Gasteiger partial charge in [-0.15, -0.1) is 0 Å². The highest BCUT2D eigenvalue weighted by Crippen LogP contribution is 2.28. The van der Waals surface area contributed by atoms with Crippen LogP contribution in [0.2, 0.25) is 0 Å². The van der Waals surface area contributed by atoms with Gasteiger partial charge in [0.25, 0.3) is 0 Å². The number of aliphatic hydroxyl groups excluding tert-OH is 1. The molecule has 1 aliphatic carbocycles. The van der Waals surface area contributed by atoms with Crippen LogP contribution in [0.15, 0.2) is 6.20 Å². The van der Waals surface area contributed by atoms with Crippen molar-refractivity contribution in [3.63, 3.8) is 0 Å². The predicted octanol–water partition coefficient (Wildman–Crippen LogP) is 2.01. The summed E-state index contributed by atoms with van der Waals surface area (Å²) in [6.45, 7) is 3.62. The Kier molecular flexibility index (Phi) is 5.40. The van der Waals surface area contributed by atoms with Crippen LogP contribution < -0.4 is 5.32 Å². The highest BCUT2D eigenvalue weighted by Gasteiger charge is 2.18. The van der Waals surface area contributed by atoms with E-state index in [1.54, 1.807) is 0 Å². The Hall–Kier alpha value is -0.870. The molecule has 0 radical (unpaired) electrons. The molecule has 0 aromatic carbocycles. The van der Waals surface area contributed by atoms with Crippen molar-refractivity contribution in [1.82, 2.24) is 15.1 Å². The summed E-state index contributed by atoms with van der Waals surface area (Å²) in [6.07, 6.45) is 9.09. The topological polar surface area (TPSA) is 50.1 Å². The van der Waals surface area contributed by atoms with Crippen molar-refractivity contribution in [3.05, 3.63) is 17.5 Å². The van der Waals surface area contributed by atoms with Crippen LogP contribution in [0.3, 0.4) is 0 Å². The molecule has 4 heteroatoms. The summed E-state index contributed by atoms with van der Waals surface area (Å²) >= 11 is 0. The summed E-state index contributed by atoms with van der Waals surface area (Å²) in [5.41, 5.74) is 2.40. The minimum Gasteiger partial charge on any atom is -0.392 e. The second kappa shape index (κ2) is 7.06. The maximum absolute atomic E-state index is 10.0. The molecule has 2 N–H and O–H groups in total. The van der Waals surface area contributed by atoms with Crippen LogP contribution in [0.5, 0.6) is 0 Å². The lowest BCUT2D eigenvalue weighted by molar-refractivity contribution is 0.140. The molecule has 0 spiro atoms. The van der Waals surface area contributed by atoms with Crippen molar-refractivity contribution < 1.29 is 5.11 Å². The molecular weight excluding hydrogens is 238 g/mol. The highest BCUT2D eigenvalue weighted by molar-refractivity contribution is 5.16. The summed E-state index contributed by atoms with van der Waals surface area (Å²) in [5, 5.41) is 17.8. The van der Waals surface area contributed by atoms with E-state index in [-0.39, 0.29) is 6.10 Å². The van der Waals surface area contributed by atoms with Gasteiger partial charge in [0.15, 0.2) is 0 Å². The highest BCUT2D eigenvalue weighted by atomic mass is 16.3. The van der Waals surface area contributed by atoms with Crippen molar-refractivity contribution in [2.45, 2.75) is 58.1 Å². The lowest BCUT2D eigenvalue weighted by atomic mass is 10.00. The van der Waals surface area contributed by atoms with Gasteiger partial charge in [-0.1, -0.05) is 32.6 Å². The van der Waals surface area contributed by atoms with E-state index in [2.05, 4.69) is 23.5 Å². The van der Waals surface area contributed by atoms with E-state index in [1.807, 2.05) is 11.7 Å². The molecule has 0 bridgehead atoms. The molecule has 1 aromatic heterocycles. The van der Waals surface area contributed by atoms with E-state index in [1.165, 1.54) is 31.2 Å².